The van der Waals surface area contributed by atoms with Gasteiger partial charge in [0, 0.05) is 5.56 Å². The van der Waals surface area contributed by atoms with Gasteiger partial charge in [-0.3, -0.25) is 4.79 Å². The molecule has 0 aliphatic carbocycles. The summed E-state index contributed by atoms with van der Waals surface area (Å²) in [6, 6.07) is 15.3. The molecule has 0 aliphatic rings. The molecule has 0 bridgehead atoms. The third kappa shape index (κ3) is 3.17. The Hall–Kier alpha value is -3.01. The van der Waals surface area contributed by atoms with Gasteiger partial charge in [-0.2, -0.15) is 5.10 Å². The second-order valence-corrected chi connectivity index (χ2v) is 5.00. The highest BCUT2D eigenvalue weighted by Gasteiger charge is 2.01. The van der Waals surface area contributed by atoms with E-state index in [0.29, 0.717) is 5.56 Å². The fourth-order valence-electron chi connectivity index (χ4n) is 2.07. The van der Waals surface area contributed by atoms with Gasteiger partial charge in [-0.25, -0.2) is 9.67 Å². The molecule has 0 aliphatic heterocycles. The van der Waals surface area contributed by atoms with Crippen LogP contribution in [0.25, 0.3) is 11.8 Å². The summed E-state index contributed by atoms with van der Waals surface area (Å²) in [5.74, 6) is 0.000327. The van der Waals surface area contributed by atoms with Crippen LogP contribution < -0.4 is 0 Å². The summed E-state index contributed by atoms with van der Waals surface area (Å²) in [5.41, 5.74) is 3.73. The quantitative estimate of drug-likeness (QED) is 0.546. The molecule has 4 heteroatoms. The van der Waals surface area contributed by atoms with Crippen LogP contribution in [-0.2, 0) is 0 Å². The number of rotatable bonds is 4. The van der Waals surface area contributed by atoms with Crippen molar-refractivity contribution < 1.29 is 4.79 Å². The Morgan fingerprint density at radius 3 is 2.41 bits per heavy atom. The lowest BCUT2D eigenvalue weighted by atomic mass is 10.1. The third-order valence-corrected chi connectivity index (χ3v) is 3.34. The topological polar surface area (TPSA) is 47.8 Å². The zero-order valence-corrected chi connectivity index (χ0v) is 12.2. The van der Waals surface area contributed by atoms with E-state index < -0.39 is 0 Å². The molecule has 4 nitrogen and oxygen atoms in total. The average Bonchev–Trinajstić information content (AvgIpc) is 3.08. The van der Waals surface area contributed by atoms with Gasteiger partial charge in [-0.05, 0) is 30.7 Å². The molecule has 3 rings (SSSR count). The summed E-state index contributed by atoms with van der Waals surface area (Å²) in [5, 5.41) is 4.07. The summed E-state index contributed by atoms with van der Waals surface area (Å²) >= 11 is 0. The van der Waals surface area contributed by atoms with Gasteiger partial charge in [0.25, 0.3) is 0 Å². The molecule has 3 aromatic rings. The molecule has 0 spiro atoms. The molecule has 0 saturated carbocycles. The fourth-order valence-corrected chi connectivity index (χ4v) is 2.07. The molecule has 0 atom stereocenters. The average molecular weight is 289 g/mol. The first-order chi connectivity index (χ1) is 10.7. The maximum absolute atomic E-state index is 12.1. The number of benzene rings is 2. The van der Waals surface area contributed by atoms with Crippen molar-refractivity contribution in [1.29, 1.82) is 0 Å². The maximum atomic E-state index is 12.1. The lowest BCUT2D eigenvalue weighted by Crippen LogP contribution is -1.94. The fraction of sp³-hybridized carbons (Fsp3) is 0.0556. The number of carbonyl (C=O) groups excluding carboxylic acids is 1. The minimum absolute atomic E-state index is 0.000327. The Balaban J connectivity index is 1.72. The molecule has 22 heavy (non-hydrogen) atoms. The van der Waals surface area contributed by atoms with E-state index >= 15 is 0 Å². The van der Waals surface area contributed by atoms with Gasteiger partial charge >= 0.3 is 0 Å². The summed E-state index contributed by atoms with van der Waals surface area (Å²) in [7, 11) is 0. The predicted molar refractivity (Wildman–Crippen MR) is 85.9 cm³/mol. The Morgan fingerprint density at radius 2 is 1.77 bits per heavy atom. The zero-order valence-electron chi connectivity index (χ0n) is 12.2. The van der Waals surface area contributed by atoms with Crippen molar-refractivity contribution in [3.05, 3.63) is 84.0 Å². The number of hydrogen-bond acceptors (Lipinski definition) is 3. The van der Waals surface area contributed by atoms with Crippen molar-refractivity contribution >= 4 is 11.9 Å². The molecule has 1 heterocycles. The van der Waals surface area contributed by atoms with Crippen LogP contribution in [0.4, 0.5) is 0 Å². The van der Waals surface area contributed by atoms with Crippen LogP contribution in [0.2, 0.25) is 0 Å². The highest BCUT2D eigenvalue weighted by Crippen LogP contribution is 2.11. The minimum Gasteiger partial charge on any atom is -0.289 e. The van der Waals surface area contributed by atoms with Crippen LogP contribution in [-0.4, -0.2) is 20.5 Å². The lowest BCUT2D eigenvalue weighted by Gasteiger charge is -2.00. The van der Waals surface area contributed by atoms with Crippen LogP contribution in [0.3, 0.4) is 0 Å². The standard InChI is InChI=1S/C18H15N3O/c1-14-2-7-16(8-3-14)18(22)11-6-15-4-9-17(10-5-15)21-13-19-12-20-21/h2-13H,1H3/b11-6+. The molecular formula is C18H15N3O. The number of hydrogen-bond donors (Lipinski definition) is 0. The van der Waals surface area contributed by atoms with Crippen molar-refractivity contribution in [2.45, 2.75) is 6.92 Å². The molecule has 0 amide bonds. The molecule has 0 unspecified atom stereocenters. The van der Waals surface area contributed by atoms with Gasteiger partial charge in [0.1, 0.15) is 12.7 Å². The molecule has 1 aromatic heterocycles. The number of carbonyl (C=O) groups is 1. The number of nitrogens with zero attached hydrogens (tertiary/aromatic N) is 3. The summed E-state index contributed by atoms with van der Waals surface area (Å²) in [6.45, 7) is 2.00. The maximum Gasteiger partial charge on any atom is 0.185 e. The van der Waals surface area contributed by atoms with Crippen LogP contribution in [0.5, 0.6) is 0 Å². The number of aromatic nitrogens is 3. The highest BCUT2D eigenvalue weighted by molar-refractivity contribution is 6.06. The molecule has 0 saturated heterocycles. The second kappa shape index (κ2) is 6.18. The van der Waals surface area contributed by atoms with Crippen LogP contribution >= 0.6 is 0 Å². The van der Waals surface area contributed by atoms with Gasteiger partial charge < -0.3 is 0 Å². The Morgan fingerprint density at radius 1 is 1.05 bits per heavy atom. The third-order valence-electron chi connectivity index (χ3n) is 3.34. The van der Waals surface area contributed by atoms with E-state index in [1.165, 1.54) is 6.33 Å². The summed E-state index contributed by atoms with van der Waals surface area (Å²) in [4.78, 5) is 16.0. The molecule has 0 radical (unpaired) electrons. The van der Waals surface area contributed by atoms with Crippen LogP contribution in [0, 0.1) is 6.92 Å². The van der Waals surface area contributed by atoms with E-state index in [1.807, 2.05) is 61.5 Å². The van der Waals surface area contributed by atoms with Crippen molar-refractivity contribution in [3.8, 4) is 5.69 Å². The molecule has 0 N–H and O–H groups in total. The Bertz CT molecular complexity index is 785. The normalized spacial score (nSPS) is 11.0. The van der Waals surface area contributed by atoms with Gasteiger partial charge in [0.15, 0.2) is 5.78 Å². The predicted octanol–water partition coefficient (Wildman–Crippen LogP) is 3.47. The SMILES string of the molecule is Cc1ccc(C(=O)/C=C/c2ccc(-n3cncn3)cc2)cc1. The van der Waals surface area contributed by atoms with Crippen molar-refractivity contribution in [3.63, 3.8) is 0 Å². The second-order valence-electron chi connectivity index (χ2n) is 5.00. The zero-order chi connectivity index (χ0) is 15.4. The smallest absolute Gasteiger partial charge is 0.185 e. The Kier molecular flexibility index (Phi) is 3.92. The van der Waals surface area contributed by atoms with Gasteiger partial charge in [-0.1, -0.05) is 48.0 Å². The highest BCUT2D eigenvalue weighted by atomic mass is 16.1. The lowest BCUT2D eigenvalue weighted by molar-refractivity contribution is 0.104. The van der Waals surface area contributed by atoms with Crippen LogP contribution in [0.15, 0.2) is 67.3 Å². The van der Waals surface area contributed by atoms with Crippen molar-refractivity contribution in [2.75, 3.05) is 0 Å². The first-order valence-corrected chi connectivity index (χ1v) is 6.96. The number of allylic oxidation sites excluding steroid dienone is 1. The van der Waals surface area contributed by atoms with E-state index in [1.54, 1.807) is 17.1 Å². The van der Waals surface area contributed by atoms with Gasteiger partial charge in [0.05, 0.1) is 5.69 Å². The van der Waals surface area contributed by atoms with Crippen molar-refractivity contribution in [2.24, 2.45) is 0 Å². The first-order valence-electron chi connectivity index (χ1n) is 6.96. The number of ketones is 1. The van der Waals surface area contributed by atoms with E-state index in [-0.39, 0.29) is 5.78 Å². The molecule has 2 aromatic carbocycles. The first kappa shape index (κ1) is 13.9. The molecular weight excluding hydrogens is 274 g/mol. The molecule has 0 fully saturated rings. The van der Waals surface area contributed by atoms with Gasteiger partial charge in [-0.15, -0.1) is 0 Å². The summed E-state index contributed by atoms with van der Waals surface area (Å²) < 4.78 is 1.69. The molecule has 108 valence electrons. The van der Waals surface area contributed by atoms with Crippen molar-refractivity contribution in [1.82, 2.24) is 14.8 Å². The van der Waals surface area contributed by atoms with E-state index in [9.17, 15) is 4.79 Å². The summed E-state index contributed by atoms with van der Waals surface area (Å²) in [6.07, 6.45) is 6.54. The van der Waals surface area contributed by atoms with Gasteiger partial charge in [0.2, 0.25) is 0 Å². The van der Waals surface area contributed by atoms with E-state index in [0.717, 1.165) is 16.8 Å². The van der Waals surface area contributed by atoms with E-state index in [4.69, 9.17) is 0 Å². The Labute approximate surface area is 128 Å². The largest absolute Gasteiger partial charge is 0.289 e. The number of aryl methyl sites for hydroxylation is 1. The monoisotopic (exact) mass is 289 g/mol. The van der Waals surface area contributed by atoms with E-state index in [2.05, 4.69) is 10.1 Å². The minimum atomic E-state index is 0.000327. The van der Waals surface area contributed by atoms with Crippen LogP contribution in [0.1, 0.15) is 21.5 Å².